The van der Waals surface area contributed by atoms with Crippen LogP contribution in [-0.2, 0) is 17.6 Å². The number of nitrogen functional groups attached to an aromatic ring is 1. The summed E-state index contributed by atoms with van der Waals surface area (Å²) in [7, 11) is 0. The number of amides is 1. The predicted molar refractivity (Wildman–Crippen MR) is 112 cm³/mol. The summed E-state index contributed by atoms with van der Waals surface area (Å²) in [6.07, 6.45) is 2.56. The van der Waals surface area contributed by atoms with Crippen molar-refractivity contribution in [1.29, 1.82) is 0 Å². The summed E-state index contributed by atoms with van der Waals surface area (Å²) in [4.78, 5) is 45.3. The Morgan fingerprint density at radius 2 is 1.97 bits per heavy atom. The van der Waals surface area contributed by atoms with E-state index in [1.807, 2.05) is 0 Å². The maximum atomic E-state index is 12.5. The van der Waals surface area contributed by atoms with E-state index in [1.165, 1.54) is 0 Å². The van der Waals surface area contributed by atoms with E-state index in [9.17, 15) is 14.4 Å². The highest BCUT2D eigenvalue weighted by Gasteiger charge is 2.22. The molecule has 0 bridgehead atoms. The van der Waals surface area contributed by atoms with Crippen molar-refractivity contribution in [3.8, 4) is 0 Å². The van der Waals surface area contributed by atoms with Gasteiger partial charge in [0.1, 0.15) is 11.7 Å². The Bertz CT molecular complexity index is 1310. The van der Waals surface area contributed by atoms with Crippen LogP contribution < -0.4 is 16.6 Å². The van der Waals surface area contributed by atoms with Crippen molar-refractivity contribution in [1.82, 2.24) is 40.9 Å². The van der Waals surface area contributed by atoms with Gasteiger partial charge in [0, 0.05) is 11.8 Å². The minimum atomic E-state index is -1.11. The fourth-order valence-electron chi connectivity index (χ4n) is 3.36. The van der Waals surface area contributed by atoms with Crippen LogP contribution >= 0.6 is 0 Å². The van der Waals surface area contributed by atoms with E-state index in [2.05, 4.69) is 40.9 Å². The van der Waals surface area contributed by atoms with E-state index in [1.54, 1.807) is 30.5 Å². The lowest BCUT2D eigenvalue weighted by Crippen LogP contribution is -2.31. The number of nitrogens with two attached hydrogens (primary N) is 1. The van der Waals surface area contributed by atoms with Crippen molar-refractivity contribution in [3.05, 3.63) is 63.3 Å². The number of carbonyl (C=O) groups is 2. The third-order valence-corrected chi connectivity index (χ3v) is 4.90. The van der Waals surface area contributed by atoms with Gasteiger partial charge in [-0.25, -0.2) is 0 Å². The van der Waals surface area contributed by atoms with Crippen molar-refractivity contribution < 1.29 is 14.7 Å². The van der Waals surface area contributed by atoms with Gasteiger partial charge in [0.15, 0.2) is 5.82 Å². The summed E-state index contributed by atoms with van der Waals surface area (Å²) in [5.41, 5.74) is 7.82. The van der Waals surface area contributed by atoms with Crippen LogP contribution in [0.2, 0.25) is 0 Å². The Balaban J connectivity index is 1.42. The summed E-state index contributed by atoms with van der Waals surface area (Å²) in [5, 5.41) is 25.3. The number of H-pyrrole nitrogens is 3. The van der Waals surface area contributed by atoms with E-state index in [4.69, 9.17) is 10.8 Å². The lowest BCUT2D eigenvalue weighted by atomic mass is 10.0. The van der Waals surface area contributed by atoms with Crippen molar-refractivity contribution in [2.24, 2.45) is 0 Å². The molecule has 0 unspecified atom stereocenters. The number of aryl methyl sites for hydroxylation is 2. The molecule has 1 aromatic carbocycles. The minimum absolute atomic E-state index is 0.0506. The van der Waals surface area contributed by atoms with E-state index in [0.29, 0.717) is 29.4 Å². The molecule has 0 aliphatic carbocycles. The summed E-state index contributed by atoms with van der Waals surface area (Å²) in [6.45, 7) is 0. The molecule has 0 saturated heterocycles. The molecular formula is C19H19N9O4. The number of aliphatic carboxylic acids is 1. The van der Waals surface area contributed by atoms with Crippen LogP contribution in [0.25, 0.3) is 11.0 Å². The van der Waals surface area contributed by atoms with Gasteiger partial charge in [-0.2, -0.15) is 10.2 Å². The molecule has 4 rings (SSSR count). The quantitative estimate of drug-likeness (QED) is 0.220. The number of nitrogens with zero attached hydrogens (tertiary/aromatic N) is 4. The van der Waals surface area contributed by atoms with Gasteiger partial charge < -0.3 is 21.1 Å². The van der Waals surface area contributed by atoms with Crippen LogP contribution in [0.1, 0.15) is 39.8 Å². The lowest BCUT2D eigenvalue weighted by Gasteiger charge is -2.13. The van der Waals surface area contributed by atoms with Gasteiger partial charge in [-0.1, -0.05) is 17.3 Å². The Morgan fingerprint density at radius 3 is 2.66 bits per heavy atom. The van der Waals surface area contributed by atoms with Crippen molar-refractivity contribution in [2.45, 2.75) is 25.3 Å². The van der Waals surface area contributed by atoms with Crippen molar-refractivity contribution >= 4 is 28.9 Å². The van der Waals surface area contributed by atoms with E-state index in [0.717, 1.165) is 11.1 Å². The van der Waals surface area contributed by atoms with Gasteiger partial charge in [0.25, 0.3) is 11.5 Å². The minimum Gasteiger partial charge on any atom is -0.481 e. The van der Waals surface area contributed by atoms with Crippen LogP contribution in [0, 0.1) is 0 Å². The number of fused-ring (bicyclic) bond motifs is 1. The van der Waals surface area contributed by atoms with E-state index < -0.39 is 17.9 Å². The van der Waals surface area contributed by atoms with Gasteiger partial charge in [0.2, 0.25) is 5.95 Å². The molecule has 0 fully saturated rings. The highest BCUT2D eigenvalue weighted by molar-refractivity contribution is 5.94. The average Bonchev–Trinajstić information content (AvgIpc) is 3.42. The van der Waals surface area contributed by atoms with Gasteiger partial charge >= 0.3 is 5.97 Å². The third-order valence-electron chi connectivity index (χ3n) is 4.90. The Hall–Kier alpha value is -4.55. The van der Waals surface area contributed by atoms with Crippen LogP contribution in [0.3, 0.4) is 0 Å². The summed E-state index contributed by atoms with van der Waals surface area (Å²) in [6, 6.07) is 5.96. The van der Waals surface area contributed by atoms with E-state index in [-0.39, 0.29) is 23.8 Å². The molecule has 3 heterocycles. The molecule has 0 aliphatic heterocycles. The van der Waals surface area contributed by atoms with Gasteiger partial charge in [-0.15, -0.1) is 10.2 Å². The normalized spacial score (nSPS) is 12.0. The summed E-state index contributed by atoms with van der Waals surface area (Å²) in [5.74, 6) is -1.43. The average molecular weight is 437 g/mol. The first-order valence-corrected chi connectivity index (χ1v) is 9.61. The van der Waals surface area contributed by atoms with Gasteiger partial charge in [0.05, 0.1) is 11.8 Å². The lowest BCUT2D eigenvalue weighted by molar-refractivity contribution is -0.137. The molecule has 13 nitrogen and oxygen atoms in total. The first-order chi connectivity index (χ1) is 15.4. The SMILES string of the molecule is Nc1nc2[nH]cc(CCc3ccc(C(=O)N[C@@H](CC(=O)O)c4nn[nH]n4)cc3)c2c(=O)[nH]1. The van der Waals surface area contributed by atoms with Crippen molar-refractivity contribution in [3.63, 3.8) is 0 Å². The van der Waals surface area contributed by atoms with Crippen molar-refractivity contribution in [2.75, 3.05) is 5.73 Å². The third kappa shape index (κ3) is 4.45. The molecule has 3 aromatic heterocycles. The number of hydrogen-bond donors (Lipinski definition) is 6. The number of carbonyl (C=O) groups excluding carboxylic acids is 1. The number of rotatable bonds is 8. The zero-order valence-electron chi connectivity index (χ0n) is 16.6. The molecule has 32 heavy (non-hydrogen) atoms. The van der Waals surface area contributed by atoms with Crippen LogP contribution in [0.5, 0.6) is 0 Å². The number of nitrogens with one attached hydrogen (secondary N) is 4. The van der Waals surface area contributed by atoms with Crippen LogP contribution in [-0.4, -0.2) is 52.6 Å². The van der Waals surface area contributed by atoms with E-state index >= 15 is 0 Å². The van der Waals surface area contributed by atoms with Crippen LogP contribution in [0.4, 0.5) is 5.95 Å². The molecule has 13 heteroatoms. The fraction of sp³-hybridized carbons (Fsp3) is 0.211. The number of carboxylic acid groups (broad SMARTS) is 1. The Kier molecular flexibility index (Phi) is 5.61. The molecule has 7 N–H and O–H groups in total. The highest BCUT2D eigenvalue weighted by atomic mass is 16.4. The first kappa shape index (κ1) is 20.7. The predicted octanol–water partition coefficient (Wildman–Crippen LogP) is 0.0775. The largest absolute Gasteiger partial charge is 0.481 e. The zero-order valence-corrected chi connectivity index (χ0v) is 16.6. The fourth-order valence-corrected chi connectivity index (χ4v) is 3.36. The Labute approximate surface area is 179 Å². The highest BCUT2D eigenvalue weighted by Crippen LogP contribution is 2.17. The van der Waals surface area contributed by atoms with Crippen LogP contribution in [0.15, 0.2) is 35.3 Å². The molecule has 1 atom stereocenters. The second-order valence-corrected chi connectivity index (χ2v) is 7.08. The summed E-state index contributed by atoms with van der Waals surface area (Å²) < 4.78 is 0. The zero-order chi connectivity index (χ0) is 22.7. The monoisotopic (exact) mass is 437 g/mol. The number of benzene rings is 1. The molecule has 0 spiro atoms. The molecule has 0 saturated carbocycles. The number of aromatic amines is 3. The number of aromatic nitrogens is 7. The topological polar surface area (TPSA) is 208 Å². The molecule has 1 amide bonds. The standard InChI is InChI=1S/C19H19N9O4/c20-19-23-16-14(18(32)24-19)11(8-21-16)6-3-9-1-4-10(5-2-9)17(31)22-12(7-13(29)30)15-25-27-28-26-15/h1-2,4-5,8,12H,3,6-7H2,(H,22,31)(H,29,30)(H,25,26,27,28)(H4,20,21,23,24,32)/t12-/m0/s1. The second-order valence-electron chi connectivity index (χ2n) is 7.08. The molecule has 0 aliphatic rings. The smallest absolute Gasteiger partial charge is 0.305 e. The molecule has 164 valence electrons. The number of hydrogen-bond acceptors (Lipinski definition) is 8. The first-order valence-electron chi connectivity index (χ1n) is 9.61. The second kappa shape index (κ2) is 8.67. The maximum Gasteiger partial charge on any atom is 0.305 e. The number of carboxylic acids is 1. The number of tetrazole rings is 1. The Morgan fingerprint density at radius 1 is 1.19 bits per heavy atom. The molecular weight excluding hydrogens is 418 g/mol. The maximum absolute atomic E-state index is 12.5. The summed E-state index contributed by atoms with van der Waals surface area (Å²) >= 11 is 0. The molecule has 0 radical (unpaired) electrons. The molecule has 4 aromatic rings. The van der Waals surface area contributed by atoms with Gasteiger partial charge in [-0.05, 0) is 36.1 Å². The van der Waals surface area contributed by atoms with Gasteiger partial charge in [-0.3, -0.25) is 19.4 Å². The number of anilines is 1.